The largest absolute Gasteiger partial charge is 0.496 e. The van der Waals surface area contributed by atoms with E-state index in [4.69, 9.17) is 4.74 Å². The lowest BCUT2D eigenvalue weighted by Gasteiger charge is -2.08. The van der Waals surface area contributed by atoms with Crippen molar-refractivity contribution >= 4 is 17.4 Å². The van der Waals surface area contributed by atoms with Crippen molar-refractivity contribution in [3.8, 4) is 5.75 Å². The Bertz CT molecular complexity index is 469. The van der Waals surface area contributed by atoms with Crippen LogP contribution in [0.4, 0.5) is 18.9 Å². The number of hydrogen-bond donors (Lipinski definition) is 1. The number of nitrogens with zero attached hydrogens (tertiary/aromatic N) is 1. The monoisotopic (exact) mass is 310 g/mol. The van der Waals surface area contributed by atoms with E-state index in [1.807, 2.05) is 0 Å². The number of rotatable bonds is 7. The van der Waals surface area contributed by atoms with E-state index in [0.29, 0.717) is 11.3 Å². The Hall–Kier alpha value is -1.48. The van der Waals surface area contributed by atoms with Gasteiger partial charge in [-0.1, -0.05) is 0 Å². The molecule has 1 aromatic carbocycles. The molecule has 0 fully saturated rings. The third kappa shape index (κ3) is 6.11. The molecule has 0 aliphatic carbocycles. The van der Waals surface area contributed by atoms with Gasteiger partial charge in [0.15, 0.2) is 0 Å². The molecule has 1 aromatic rings. The summed E-state index contributed by atoms with van der Waals surface area (Å²) >= 11 is -0.111. The average molecular weight is 310 g/mol. The van der Waals surface area contributed by atoms with Crippen LogP contribution in [0.2, 0.25) is 0 Å². The van der Waals surface area contributed by atoms with Gasteiger partial charge in [-0.05, 0) is 23.4 Å². The zero-order valence-corrected chi connectivity index (χ0v) is 11.4. The highest BCUT2D eigenvalue weighted by Gasteiger charge is 2.27. The number of methoxy groups -OCH3 is 1. The number of benzene rings is 1. The normalized spacial score (nSPS) is 11.4. The van der Waals surface area contributed by atoms with E-state index in [9.17, 15) is 23.3 Å². The number of hydrogen-bond acceptors (Lipinski definition) is 5. The van der Waals surface area contributed by atoms with Crippen molar-refractivity contribution in [2.75, 3.05) is 19.4 Å². The molecule has 0 aromatic heterocycles. The molecule has 112 valence electrons. The van der Waals surface area contributed by atoms with Crippen molar-refractivity contribution in [2.24, 2.45) is 0 Å². The van der Waals surface area contributed by atoms with E-state index in [-0.39, 0.29) is 36.3 Å². The fourth-order valence-electron chi connectivity index (χ4n) is 1.44. The van der Waals surface area contributed by atoms with Gasteiger partial charge in [0.05, 0.1) is 18.1 Å². The molecule has 0 aliphatic rings. The van der Waals surface area contributed by atoms with Crippen molar-refractivity contribution in [1.82, 2.24) is 5.32 Å². The summed E-state index contributed by atoms with van der Waals surface area (Å²) < 4.78 is 40.6. The molecule has 0 unspecified atom stereocenters. The molecule has 0 atom stereocenters. The van der Waals surface area contributed by atoms with Crippen molar-refractivity contribution in [3.63, 3.8) is 0 Å². The summed E-state index contributed by atoms with van der Waals surface area (Å²) in [5.41, 5.74) is -3.78. The molecule has 0 saturated carbocycles. The third-order valence-corrected chi connectivity index (χ3v) is 3.01. The molecule has 9 heteroatoms. The molecular weight excluding hydrogens is 297 g/mol. The number of thioether (sulfide) groups is 1. The molecule has 0 amide bonds. The number of alkyl halides is 3. The molecule has 1 rings (SSSR count). The Morgan fingerprint density at radius 2 is 2.10 bits per heavy atom. The molecule has 5 nitrogen and oxygen atoms in total. The van der Waals surface area contributed by atoms with Crippen LogP contribution in [-0.2, 0) is 6.54 Å². The van der Waals surface area contributed by atoms with Gasteiger partial charge in [-0.15, -0.1) is 0 Å². The van der Waals surface area contributed by atoms with Gasteiger partial charge in [0.2, 0.25) is 0 Å². The van der Waals surface area contributed by atoms with Crippen LogP contribution in [-0.4, -0.2) is 29.8 Å². The van der Waals surface area contributed by atoms with Crippen molar-refractivity contribution < 1.29 is 22.8 Å². The molecule has 0 spiro atoms. The van der Waals surface area contributed by atoms with E-state index in [1.165, 1.54) is 19.2 Å². The SMILES string of the molecule is COc1cc(CNCCSC(F)(F)F)cc([N+](=O)[O-])c1. The second kappa shape index (κ2) is 7.34. The van der Waals surface area contributed by atoms with Gasteiger partial charge in [-0.25, -0.2) is 0 Å². The minimum absolute atomic E-state index is 0.111. The first-order chi connectivity index (χ1) is 9.31. The Kier molecular flexibility index (Phi) is 6.08. The Morgan fingerprint density at radius 1 is 1.40 bits per heavy atom. The Morgan fingerprint density at radius 3 is 2.65 bits per heavy atom. The van der Waals surface area contributed by atoms with Crippen molar-refractivity contribution in [3.05, 3.63) is 33.9 Å². The van der Waals surface area contributed by atoms with E-state index >= 15 is 0 Å². The van der Waals surface area contributed by atoms with Crippen LogP contribution >= 0.6 is 11.8 Å². The molecule has 0 bridgehead atoms. The topological polar surface area (TPSA) is 64.4 Å². The standard InChI is InChI=1S/C11H13F3N2O3S/c1-19-10-5-8(4-9(6-10)16(17)18)7-15-2-3-20-11(12,13)14/h4-6,15H,2-3,7H2,1H3. The first-order valence-corrected chi connectivity index (χ1v) is 6.54. The molecule has 1 N–H and O–H groups in total. The number of non-ortho nitro benzene ring substituents is 1. The van der Waals surface area contributed by atoms with Crippen LogP contribution in [0, 0.1) is 10.1 Å². The van der Waals surface area contributed by atoms with Gasteiger partial charge in [-0.3, -0.25) is 10.1 Å². The lowest BCUT2D eigenvalue weighted by molar-refractivity contribution is -0.385. The number of nitro groups is 1. The van der Waals surface area contributed by atoms with Crippen LogP contribution in [0.3, 0.4) is 0 Å². The summed E-state index contributed by atoms with van der Waals surface area (Å²) in [6, 6.07) is 4.23. The molecule has 20 heavy (non-hydrogen) atoms. The fraction of sp³-hybridized carbons (Fsp3) is 0.455. The molecule has 0 aliphatic heterocycles. The quantitative estimate of drug-likeness (QED) is 0.476. The molecule has 0 saturated heterocycles. The van der Waals surface area contributed by atoms with Crippen LogP contribution in [0.5, 0.6) is 5.75 Å². The maximum Gasteiger partial charge on any atom is 0.441 e. The predicted octanol–water partition coefficient (Wildman–Crippen LogP) is 2.95. The van der Waals surface area contributed by atoms with Crippen molar-refractivity contribution in [1.29, 1.82) is 0 Å². The number of halogens is 3. The smallest absolute Gasteiger partial charge is 0.441 e. The summed E-state index contributed by atoms with van der Waals surface area (Å²) in [6.07, 6.45) is 0. The summed E-state index contributed by atoms with van der Waals surface area (Å²) in [4.78, 5) is 10.2. The minimum atomic E-state index is -4.24. The van der Waals surface area contributed by atoms with Crippen LogP contribution in [0.25, 0.3) is 0 Å². The first-order valence-electron chi connectivity index (χ1n) is 5.55. The van der Waals surface area contributed by atoms with Gasteiger partial charge in [0, 0.05) is 24.9 Å². The Balaban J connectivity index is 2.51. The number of nitrogens with one attached hydrogen (secondary N) is 1. The highest BCUT2D eigenvalue weighted by Crippen LogP contribution is 2.29. The van der Waals surface area contributed by atoms with Gasteiger partial charge < -0.3 is 10.1 Å². The van der Waals surface area contributed by atoms with Crippen LogP contribution < -0.4 is 10.1 Å². The average Bonchev–Trinajstić information content (AvgIpc) is 2.36. The van der Waals surface area contributed by atoms with E-state index in [0.717, 1.165) is 0 Å². The second-order valence-electron chi connectivity index (χ2n) is 3.77. The summed E-state index contributed by atoms with van der Waals surface area (Å²) in [5.74, 6) is 0.218. The highest BCUT2D eigenvalue weighted by molar-refractivity contribution is 8.00. The summed E-state index contributed by atoms with van der Waals surface area (Å²) in [7, 11) is 1.39. The van der Waals surface area contributed by atoms with E-state index in [2.05, 4.69) is 5.32 Å². The minimum Gasteiger partial charge on any atom is -0.496 e. The third-order valence-electron chi connectivity index (χ3n) is 2.27. The van der Waals surface area contributed by atoms with Gasteiger partial charge in [-0.2, -0.15) is 13.2 Å². The summed E-state index contributed by atoms with van der Waals surface area (Å²) in [5, 5.41) is 13.5. The summed E-state index contributed by atoms with van der Waals surface area (Å²) in [6.45, 7) is 0.381. The van der Waals surface area contributed by atoms with Crippen LogP contribution in [0.1, 0.15) is 5.56 Å². The van der Waals surface area contributed by atoms with E-state index in [1.54, 1.807) is 6.07 Å². The van der Waals surface area contributed by atoms with E-state index < -0.39 is 10.4 Å². The molecular formula is C11H13F3N2O3S. The second-order valence-corrected chi connectivity index (χ2v) is 4.93. The lowest BCUT2D eigenvalue weighted by Crippen LogP contribution is -2.18. The molecule has 0 heterocycles. The van der Waals surface area contributed by atoms with Crippen LogP contribution in [0.15, 0.2) is 18.2 Å². The lowest BCUT2D eigenvalue weighted by atomic mass is 10.2. The van der Waals surface area contributed by atoms with Gasteiger partial charge in [0.1, 0.15) is 5.75 Å². The Labute approximate surface area is 117 Å². The van der Waals surface area contributed by atoms with Crippen molar-refractivity contribution in [2.45, 2.75) is 12.1 Å². The number of nitro benzene ring substituents is 1. The zero-order chi connectivity index (χ0) is 15.2. The van der Waals surface area contributed by atoms with Gasteiger partial charge in [0.25, 0.3) is 5.69 Å². The predicted molar refractivity (Wildman–Crippen MR) is 69.9 cm³/mol. The molecule has 0 radical (unpaired) electrons. The van der Waals surface area contributed by atoms with Gasteiger partial charge >= 0.3 is 5.51 Å². The highest BCUT2D eigenvalue weighted by atomic mass is 32.2. The zero-order valence-electron chi connectivity index (χ0n) is 10.6. The fourth-order valence-corrected chi connectivity index (χ4v) is 1.92. The maximum atomic E-state index is 11.9. The first kappa shape index (κ1) is 16.6. The maximum absolute atomic E-state index is 11.9. The number of ether oxygens (including phenoxy) is 1.